The van der Waals surface area contributed by atoms with Gasteiger partial charge in [-0.2, -0.15) is 24.4 Å². The highest BCUT2D eigenvalue weighted by Gasteiger charge is 2.36. The minimum atomic E-state index is -1.18. The Morgan fingerprint density at radius 1 is 0.621 bits per heavy atom. The number of benzene rings is 6. The molecule has 0 aromatic heterocycles. The van der Waals surface area contributed by atoms with E-state index in [1.807, 2.05) is 19.9 Å². The Bertz CT molecular complexity index is 4110. The van der Waals surface area contributed by atoms with Crippen LogP contribution in [-0.2, 0) is 52.5 Å². The number of carboxylic acid groups (broad SMARTS) is 1. The van der Waals surface area contributed by atoms with Crippen LogP contribution in [0.15, 0.2) is 109 Å². The smallest absolute Gasteiger partial charge is 0.416 e. The standard InChI is InChI=1S/2C11H9ClN2O3.C11H9ClN2O2.C10H9ClN2O3.C10H11ClN2O.C7H3ClFN.C3H7NO3.2CO2/c1-13-9-4-3-7(5-8(9)12)14-10(16-2)6-17-11(14)15;1-13-10-3-2-7(4-9(10)12)14-8(5-15)6-17-11(14)16;1-7-6-16-11(15)14(7)8-3-4-10(13-2)9(12)5-8;1-12-9-3-2-7(4-8(9)11)13-10(5-14)16-6-15;1-7(6-14)13-8-3-4-10(12-2)9(11)5-8;8-7-3-6(9)2-1-5(7)4-10;4-2(1-5)3(6)7;2*2-1-3/h3-5,10H,6H2,2H3;2-4,8,15H,5-6H2;3-5,7H,6H2,1H3;2-4,6,10,13-14H,5H2;3-5,7,13-14H,6H2,1H3;1-3H;2,5H,1,4H2,(H,6,7);;/t;8-;7-;10-;7-;;2-;;/m.0000.1../s1. The molecule has 540 valence electrons. The fourth-order valence-corrected chi connectivity index (χ4v) is 8.89. The number of carbonyl (C=O) groups excluding carboxylic acids is 8. The van der Waals surface area contributed by atoms with E-state index < -0.39 is 55.1 Å². The Hall–Kier alpha value is -11.2. The molecule has 31 nitrogen and oxygen atoms in total. The highest BCUT2D eigenvalue weighted by atomic mass is 35.5. The molecule has 3 heterocycles. The van der Waals surface area contributed by atoms with Gasteiger partial charge in [0.15, 0.2) is 12.5 Å². The van der Waals surface area contributed by atoms with Crippen molar-refractivity contribution in [3.8, 4) is 6.07 Å². The minimum absolute atomic E-state index is 0.0117. The number of amides is 3. The van der Waals surface area contributed by atoms with E-state index in [-0.39, 0.29) is 80.0 Å². The lowest BCUT2D eigenvalue weighted by molar-refractivity contribution is -0.193. The first-order chi connectivity index (χ1) is 49.1. The number of hydrogen-bond donors (Lipinski definition) is 8. The van der Waals surface area contributed by atoms with Gasteiger partial charge in [-0.15, -0.1) is 0 Å². The summed E-state index contributed by atoms with van der Waals surface area (Å²) in [5.74, 6) is -1.61. The van der Waals surface area contributed by atoms with Crippen LogP contribution < -0.4 is 31.1 Å². The Kier molecular flexibility index (Phi) is 42.3. The number of aliphatic hydroxyl groups excluding tert-OH is 4. The molecule has 3 fully saturated rings. The Morgan fingerprint density at radius 2 is 1.02 bits per heavy atom. The average Bonchev–Trinajstić information content (AvgIpc) is 1.72. The van der Waals surface area contributed by atoms with Gasteiger partial charge < -0.3 is 65.6 Å². The number of anilines is 5. The first-order valence-corrected chi connectivity index (χ1v) is 30.5. The summed E-state index contributed by atoms with van der Waals surface area (Å²) in [5.41, 5.74) is 9.98. The number of nitrogens with zero attached hydrogens (tertiary/aromatic N) is 9. The third kappa shape index (κ3) is 29.9. The second kappa shape index (κ2) is 48.6. The first kappa shape index (κ1) is 89.8. The number of rotatable bonds is 15. The van der Waals surface area contributed by atoms with Crippen LogP contribution in [0, 0.1) is 50.0 Å². The van der Waals surface area contributed by atoms with Gasteiger partial charge in [0, 0.05) is 66.7 Å². The summed E-state index contributed by atoms with van der Waals surface area (Å²) in [6.07, 6.45) is -2.16. The monoisotopic (exact) mass is 1540 g/mol. The molecule has 3 aliphatic heterocycles. The van der Waals surface area contributed by atoms with Gasteiger partial charge >= 0.3 is 36.6 Å². The summed E-state index contributed by atoms with van der Waals surface area (Å²) in [7, 11) is 1.49. The van der Waals surface area contributed by atoms with E-state index in [1.165, 1.54) is 58.2 Å². The molecule has 0 saturated carbocycles. The summed E-state index contributed by atoms with van der Waals surface area (Å²) in [6.45, 7) is 38.0. The lowest BCUT2D eigenvalue weighted by atomic mass is 10.2. The van der Waals surface area contributed by atoms with Crippen molar-refractivity contribution in [2.75, 3.05) is 78.7 Å². The lowest BCUT2D eigenvalue weighted by Crippen LogP contribution is -2.35. The Morgan fingerprint density at radius 3 is 1.36 bits per heavy atom. The Balaban J connectivity index is 0.000000600. The van der Waals surface area contributed by atoms with Gasteiger partial charge in [0.05, 0.1) is 82.0 Å². The van der Waals surface area contributed by atoms with Crippen LogP contribution in [0.5, 0.6) is 0 Å². The molecule has 6 atom stereocenters. The van der Waals surface area contributed by atoms with E-state index in [4.69, 9.17) is 177 Å². The molecular formula is C65H57Cl6FN12O19. The van der Waals surface area contributed by atoms with E-state index in [1.54, 1.807) is 66.7 Å². The molecule has 103 heavy (non-hydrogen) atoms. The van der Waals surface area contributed by atoms with E-state index in [9.17, 15) is 28.4 Å². The molecule has 0 aliphatic carbocycles. The normalized spacial score (nSPS) is 14.6. The van der Waals surface area contributed by atoms with Crippen LogP contribution in [0.1, 0.15) is 19.4 Å². The molecular weight excluding hydrogens is 1480 g/mol. The van der Waals surface area contributed by atoms with Crippen molar-refractivity contribution in [3.05, 3.63) is 208 Å². The van der Waals surface area contributed by atoms with Crippen molar-refractivity contribution in [3.63, 3.8) is 0 Å². The molecule has 9 rings (SSSR count). The van der Waals surface area contributed by atoms with Crippen molar-refractivity contribution in [2.45, 2.75) is 50.5 Å². The number of nitrogens with two attached hydrogens (primary N) is 1. The molecule has 3 saturated heterocycles. The molecule has 0 radical (unpaired) electrons. The number of nitriles is 1. The van der Waals surface area contributed by atoms with E-state index >= 15 is 0 Å². The van der Waals surface area contributed by atoms with Gasteiger partial charge in [0.1, 0.15) is 37.7 Å². The molecule has 3 aliphatic rings. The van der Waals surface area contributed by atoms with E-state index in [2.05, 4.69) is 39.6 Å². The maximum Gasteiger partial charge on any atom is 0.416 e. The average molecular weight is 1540 g/mol. The maximum absolute atomic E-state index is 12.3. The van der Waals surface area contributed by atoms with Gasteiger partial charge in [0.25, 0.3) is 6.47 Å². The lowest BCUT2D eigenvalue weighted by Gasteiger charge is -2.20. The Labute approximate surface area is 616 Å². The number of aliphatic hydroxyl groups is 4. The minimum Gasteiger partial charge on any atom is -0.480 e. The third-order valence-electron chi connectivity index (χ3n) is 12.5. The SMILES string of the molecule is N#Cc1ccc(F)cc1Cl.N[C@H](CO)C(=O)O.O=C=O.O=C=O.[C-]#[N+]c1ccc(N2C(=O)OCC2OC)cc1Cl.[C-]#[N+]c1ccc(N2C(=O)OC[C@@H]2C)cc1Cl.[C-]#[N+]c1ccc(N2C(=O)OC[C@@H]2CO)cc1Cl.[C-]#[N+]c1ccc(N[C@@H](C)CO)cc1Cl.[C-]#[N+]c1ccc(N[C@H](CO)OC=O)cc1Cl. The van der Waals surface area contributed by atoms with Gasteiger partial charge in [0.2, 0.25) is 28.4 Å². The predicted molar refractivity (Wildman–Crippen MR) is 372 cm³/mol. The maximum atomic E-state index is 12.3. The summed E-state index contributed by atoms with van der Waals surface area (Å²) in [5, 5.41) is 58.6. The van der Waals surface area contributed by atoms with Crippen LogP contribution >= 0.6 is 69.6 Å². The van der Waals surface area contributed by atoms with Crippen LogP contribution in [0.4, 0.5) is 75.6 Å². The molecule has 6 aromatic rings. The zero-order chi connectivity index (χ0) is 77.9. The summed E-state index contributed by atoms with van der Waals surface area (Å²) >= 11 is 34.8. The largest absolute Gasteiger partial charge is 0.480 e. The number of halogens is 7. The van der Waals surface area contributed by atoms with Crippen LogP contribution in [-0.4, -0.2) is 159 Å². The third-order valence-corrected chi connectivity index (χ3v) is 14.3. The van der Waals surface area contributed by atoms with Crippen molar-refractivity contribution >= 4 is 170 Å². The van der Waals surface area contributed by atoms with Crippen molar-refractivity contribution in [2.24, 2.45) is 5.73 Å². The van der Waals surface area contributed by atoms with Gasteiger partial charge in [-0.25, -0.2) is 47.9 Å². The fraction of sp³-hybridized carbons (Fsp3) is 0.246. The van der Waals surface area contributed by atoms with Crippen molar-refractivity contribution in [1.29, 1.82) is 5.26 Å². The molecule has 6 aromatic carbocycles. The van der Waals surface area contributed by atoms with Gasteiger partial charge in [-0.05, 0) is 92.7 Å². The summed E-state index contributed by atoms with van der Waals surface area (Å²) in [6, 6.07) is 28.0. The number of ether oxygens (including phenoxy) is 5. The van der Waals surface area contributed by atoms with Gasteiger partial charge in [-0.1, -0.05) is 99.9 Å². The number of cyclic esters (lactones) is 3. The highest BCUT2D eigenvalue weighted by Crippen LogP contribution is 2.36. The zero-order valence-electron chi connectivity index (χ0n) is 53.6. The quantitative estimate of drug-likeness (QED) is 0.0205. The summed E-state index contributed by atoms with van der Waals surface area (Å²) in [4.78, 5) is 107. The van der Waals surface area contributed by atoms with Crippen molar-refractivity contribution < 1.29 is 96.8 Å². The molecule has 1 unspecified atom stereocenters. The predicted octanol–water partition coefficient (Wildman–Crippen LogP) is 12.3. The van der Waals surface area contributed by atoms with Gasteiger partial charge in [-0.3, -0.25) is 19.4 Å². The zero-order valence-corrected chi connectivity index (χ0v) is 58.1. The number of carbonyl (C=O) groups is 5. The van der Waals surface area contributed by atoms with Crippen LogP contribution in [0.3, 0.4) is 0 Å². The van der Waals surface area contributed by atoms with E-state index in [0.29, 0.717) is 83.4 Å². The fourth-order valence-electron chi connectivity index (χ4n) is 7.58. The molecule has 3 amide bonds. The van der Waals surface area contributed by atoms with E-state index in [0.717, 1.165) is 11.8 Å². The van der Waals surface area contributed by atoms with Crippen LogP contribution in [0.2, 0.25) is 30.1 Å². The molecule has 38 heteroatoms. The molecule has 0 spiro atoms. The first-order valence-electron chi connectivity index (χ1n) is 28.2. The second-order valence-electron chi connectivity index (χ2n) is 19.3. The second-order valence-corrected chi connectivity index (χ2v) is 21.8. The number of carboxylic acids is 1. The number of aliphatic carboxylic acids is 1. The highest BCUT2D eigenvalue weighted by molar-refractivity contribution is 6.35. The number of hydrogen-bond acceptors (Lipinski definition) is 22. The van der Waals surface area contributed by atoms with Crippen LogP contribution in [0.25, 0.3) is 24.2 Å². The number of methoxy groups -OCH3 is 1. The molecule has 9 N–H and O–H groups in total. The van der Waals surface area contributed by atoms with Crippen molar-refractivity contribution in [1.82, 2.24) is 0 Å². The number of nitrogens with one attached hydrogen (secondary N) is 2. The topological polar surface area (TPSA) is 406 Å². The summed E-state index contributed by atoms with van der Waals surface area (Å²) < 4.78 is 36.6. The molecule has 0 bridgehead atoms.